The SMILES string of the molecule is CCCCC(=N)c1cc2ccccc2cc1C1C=C(C)C=C1C. The summed E-state index contributed by atoms with van der Waals surface area (Å²) in [5.74, 6) is 0.316. The van der Waals surface area contributed by atoms with E-state index in [1.165, 1.54) is 27.5 Å². The van der Waals surface area contributed by atoms with Crippen molar-refractivity contribution in [3.05, 3.63) is 70.8 Å². The predicted molar refractivity (Wildman–Crippen MR) is 101 cm³/mol. The molecule has 0 radical (unpaired) electrons. The first kappa shape index (κ1) is 15.7. The minimum atomic E-state index is 0.316. The van der Waals surface area contributed by atoms with Gasteiger partial charge in [0.1, 0.15) is 0 Å². The third-order valence-corrected chi connectivity index (χ3v) is 4.73. The Morgan fingerprint density at radius 2 is 1.78 bits per heavy atom. The van der Waals surface area contributed by atoms with Crippen molar-refractivity contribution in [1.82, 2.24) is 0 Å². The van der Waals surface area contributed by atoms with Gasteiger partial charge in [-0.3, -0.25) is 0 Å². The van der Waals surface area contributed by atoms with Gasteiger partial charge in [-0.1, -0.05) is 60.9 Å². The van der Waals surface area contributed by atoms with Gasteiger partial charge in [0.25, 0.3) is 0 Å². The van der Waals surface area contributed by atoms with Crippen LogP contribution in [0, 0.1) is 5.41 Å². The highest BCUT2D eigenvalue weighted by molar-refractivity contribution is 6.03. The number of hydrogen-bond donors (Lipinski definition) is 1. The van der Waals surface area contributed by atoms with Gasteiger partial charge in [-0.2, -0.15) is 0 Å². The Kier molecular flexibility index (Phi) is 4.47. The van der Waals surface area contributed by atoms with Crippen LogP contribution in [0.2, 0.25) is 0 Å². The molecule has 1 aliphatic carbocycles. The van der Waals surface area contributed by atoms with Crippen LogP contribution in [0.25, 0.3) is 10.8 Å². The van der Waals surface area contributed by atoms with E-state index in [1.807, 2.05) is 0 Å². The summed E-state index contributed by atoms with van der Waals surface area (Å²) < 4.78 is 0. The van der Waals surface area contributed by atoms with Crippen LogP contribution in [0.15, 0.2) is 59.7 Å². The number of hydrogen-bond acceptors (Lipinski definition) is 1. The molecule has 2 aromatic rings. The summed E-state index contributed by atoms with van der Waals surface area (Å²) in [4.78, 5) is 0. The van der Waals surface area contributed by atoms with Crippen molar-refractivity contribution in [1.29, 1.82) is 5.41 Å². The molecule has 23 heavy (non-hydrogen) atoms. The molecule has 0 aliphatic heterocycles. The topological polar surface area (TPSA) is 23.9 Å². The third-order valence-electron chi connectivity index (χ3n) is 4.73. The second-order valence-corrected chi connectivity index (χ2v) is 6.65. The summed E-state index contributed by atoms with van der Waals surface area (Å²) in [7, 11) is 0. The zero-order chi connectivity index (χ0) is 16.4. The van der Waals surface area contributed by atoms with Crippen LogP contribution >= 0.6 is 0 Å². The number of benzene rings is 2. The van der Waals surface area contributed by atoms with Crippen LogP contribution in [-0.4, -0.2) is 5.71 Å². The first-order valence-corrected chi connectivity index (χ1v) is 8.57. The molecule has 118 valence electrons. The highest BCUT2D eigenvalue weighted by Gasteiger charge is 2.21. The molecule has 0 heterocycles. The lowest BCUT2D eigenvalue weighted by Gasteiger charge is -2.18. The summed E-state index contributed by atoms with van der Waals surface area (Å²) in [5.41, 5.74) is 5.89. The first-order chi connectivity index (χ1) is 11.1. The molecule has 1 heteroatoms. The third kappa shape index (κ3) is 3.14. The fourth-order valence-corrected chi connectivity index (χ4v) is 3.49. The van der Waals surface area contributed by atoms with Gasteiger partial charge in [0, 0.05) is 11.6 Å². The number of fused-ring (bicyclic) bond motifs is 1. The van der Waals surface area contributed by atoms with Crippen LogP contribution in [-0.2, 0) is 0 Å². The van der Waals surface area contributed by atoms with E-state index in [4.69, 9.17) is 5.41 Å². The standard InChI is InChI=1S/C22H25N/c1-4-5-10-22(23)21-14-18-9-7-6-8-17(18)13-20(21)19-12-15(2)11-16(19)3/h6-9,11-14,19,23H,4-5,10H2,1-3H3. The predicted octanol–water partition coefficient (Wildman–Crippen LogP) is 6.39. The molecule has 0 bridgehead atoms. The van der Waals surface area contributed by atoms with Gasteiger partial charge in [0.05, 0.1) is 0 Å². The van der Waals surface area contributed by atoms with E-state index in [0.29, 0.717) is 5.92 Å². The molecule has 1 nitrogen and oxygen atoms in total. The molecule has 0 aromatic heterocycles. The zero-order valence-electron chi connectivity index (χ0n) is 14.3. The van der Waals surface area contributed by atoms with Crippen LogP contribution in [0.5, 0.6) is 0 Å². The Morgan fingerprint density at radius 3 is 2.39 bits per heavy atom. The summed E-state index contributed by atoms with van der Waals surface area (Å²) >= 11 is 0. The van der Waals surface area contributed by atoms with Gasteiger partial charge in [0.2, 0.25) is 0 Å². The molecule has 1 unspecified atom stereocenters. The quantitative estimate of drug-likeness (QED) is 0.619. The van der Waals surface area contributed by atoms with Crippen molar-refractivity contribution < 1.29 is 0 Å². The van der Waals surface area contributed by atoms with E-state index < -0.39 is 0 Å². The highest BCUT2D eigenvalue weighted by Crippen LogP contribution is 2.37. The summed E-state index contributed by atoms with van der Waals surface area (Å²) in [5, 5.41) is 11.1. The maximum atomic E-state index is 8.59. The van der Waals surface area contributed by atoms with Gasteiger partial charge in [-0.15, -0.1) is 0 Å². The van der Waals surface area contributed by atoms with Crippen LogP contribution < -0.4 is 0 Å². The van der Waals surface area contributed by atoms with Crippen LogP contribution in [0.1, 0.15) is 57.1 Å². The maximum absolute atomic E-state index is 8.59. The normalized spacial score (nSPS) is 17.3. The van der Waals surface area contributed by atoms with E-state index in [1.54, 1.807) is 0 Å². The van der Waals surface area contributed by atoms with Crippen LogP contribution in [0.4, 0.5) is 0 Å². The maximum Gasteiger partial charge on any atom is 0.0389 e. The number of nitrogens with one attached hydrogen (secondary N) is 1. The fraction of sp³-hybridized carbons (Fsp3) is 0.318. The van der Waals surface area contributed by atoms with Crippen molar-refractivity contribution in [3.63, 3.8) is 0 Å². The van der Waals surface area contributed by atoms with Gasteiger partial charge in [-0.05, 0) is 60.7 Å². The average Bonchev–Trinajstić information content (AvgIpc) is 2.89. The van der Waals surface area contributed by atoms with Gasteiger partial charge in [-0.25, -0.2) is 0 Å². The Labute approximate surface area is 139 Å². The molecular formula is C22H25N. The van der Waals surface area contributed by atoms with Gasteiger partial charge in [0.15, 0.2) is 0 Å². The molecule has 3 rings (SSSR count). The number of rotatable bonds is 5. The Hall–Kier alpha value is -2.15. The lowest BCUT2D eigenvalue weighted by molar-refractivity contribution is 0.831. The van der Waals surface area contributed by atoms with Crippen molar-refractivity contribution in [3.8, 4) is 0 Å². The molecule has 0 spiro atoms. The van der Waals surface area contributed by atoms with E-state index in [2.05, 4.69) is 69.3 Å². The van der Waals surface area contributed by atoms with Gasteiger partial charge < -0.3 is 5.41 Å². The van der Waals surface area contributed by atoms with E-state index in [-0.39, 0.29) is 0 Å². The average molecular weight is 303 g/mol. The lowest BCUT2D eigenvalue weighted by atomic mass is 9.86. The fourth-order valence-electron chi connectivity index (χ4n) is 3.49. The molecule has 2 aromatic carbocycles. The summed E-state index contributed by atoms with van der Waals surface area (Å²) in [6.07, 6.45) is 7.67. The monoisotopic (exact) mass is 303 g/mol. The second kappa shape index (κ2) is 6.54. The molecule has 1 N–H and O–H groups in total. The molecule has 0 amide bonds. The van der Waals surface area contributed by atoms with E-state index in [0.717, 1.165) is 30.5 Å². The second-order valence-electron chi connectivity index (χ2n) is 6.65. The Morgan fingerprint density at radius 1 is 1.09 bits per heavy atom. The first-order valence-electron chi connectivity index (χ1n) is 8.57. The van der Waals surface area contributed by atoms with Crippen molar-refractivity contribution in [2.24, 2.45) is 0 Å². The summed E-state index contributed by atoms with van der Waals surface area (Å²) in [6, 6.07) is 13.0. The Balaban J connectivity index is 2.13. The van der Waals surface area contributed by atoms with Crippen LogP contribution in [0.3, 0.4) is 0 Å². The largest absolute Gasteiger partial charge is 0.305 e. The Bertz CT molecular complexity index is 808. The molecule has 0 saturated heterocycles. The highest BCUT2D eigenvalue weighted by atomic mass is 14.4. The molecule has 1 atom stereocenters. The number of unbranched alkanes of at least 4 members (excludes halogenated alkanes) is 1. The van der Waals surface area contributed by atoms with E-state index >= 15 is 0 Å². The van der Waals surface area contributed by atoms with Crippen molar-refractivity contribution in [2.45, 2.75) is 46.0 Å². The number of allylic oxidation sites excluding steroid dienone is 4. The smallest absolute Gasteiger partial charge is 0.0389 e. The molecular weight excluding hydrogens is 278 g/mol. The minimum absolute atomic E-state index is 0.316. The van der Waals surface area contributed by atoms with Crippen molar-refractivity contribution in [2.75, 3.05) is 0 Å². The minimum Gasteiger partial charge on any atom is -0.305 e. The molecule has 0 fully saturated rings. The van der Waals surface area contributed by atoms with Gasteiger partial charge >= 0.3 is 0 Å². The molecule has 0 saturated carbocycles. The lowest BCUT2D eigenvalue weighted by Crippen LogP contribution is -2.07. The van der Waals surface area contributed by atoms with E-state index in [9.17, 15) is 0 Å². The van der Waals surface area contributed by atoms with Crippen molar-refractivity contribution >= 4 is 16.5 Å². The zero-order valence-corrected chi connectivity index (χ0v) is 14.3. The molecule has 1 aliphatic rings. The summed E-state index contributed by atoms with van der Waals surface area (Å²) in [6.45, 7) is 6.55.